The van der Waals surface area contributed by atoms with Crippen LogP contribution in [0.1, 0.15) is 36.0 Å². The number of aryl methyl sites for hydroxylation is 2. The molecule has 0 bridgehead atoms. The van der Waals surface area contributed by atoms with Crippen molar-refractivity contribution in [2.24, 2.45) is 5.73 Å². The maximum Gasteiger partial charge on any atom is 0.255 e. The highest BCUT2D eigenvalue weighted by molar-refractivity contribution is 5.76. The molecule has 7 nitrogen and oxygen atoms in total. The third kappa shape index (κ3) is 7.66. The second-order valence-corrected chi connectivity index (χ2v) is 7.09. The monoisotopic (exact) mass is 414 g/mol. The molecule has 30 heavy (non-hydrogen) atoms. The number of nitrogens with two attached hydrogens (primary N) is 1. The Bertz CT molecular complexity index is 867. The van der Waals surface area contributed by atoms with Crippen LogP contribution < -0.4 is 25.3 Å². The van der Waals surface area contributed by atoms with E-state index in [1.807, 2.05) is 26.0 Å². The van der Waals surface area contributed by atoms with Crippen molar-refractivity contribution in [2.45, 2.75) is 39.7 Å². The molecule has 0 aliphatic rings. The number of primary amides is 1. The summed E-state index contributed by atoms with van der Waals surface area (Å²) in [4.78, 5) is 22.9. The highest BCUT2D eigenvalue weighted by Gasteiger charge is 2.08. The lowest BCUT2D eigenvalue weighted by atomic mass is 10.1. The van der Waals surface area contributed by atoms with E-state index in [0.717, 1.165) is 29.7 Å². The number of nitrogens with one attached hydrogen (secondary N) is 1. The van der Waals surface area contributed by atoms with E-state index in [4.69, 9.17) is 19.9 Å². The Morgan fingerprint density at radius 3 is 2.50 bits per heavy atom. The number of unbranched alkanes of at least 4 members (excludes halogenated alkanes) is 1. The summed E-state index contributed by atoms with van der Waals surface area (Å²) in [5.41, 5.74) is 8.23. The maximum absolute atomic E-state index is 12.1. The molecule has 0 unspecified atom stereocenters. The number of carbonyl (C=O) groups is 2. The summed E-state index contributed by atoms with van der Waals surface area (Å²) < 4.78 is 16.4. The van der Waals surface area contributed by atoms with Crippen molar-refractivity contribution in [3.63, 3.8) is 0 Å². The minimum absolute atomic E-state index is 0.0187. The Labute approximate surface area is 177 Å². The zero-order valence-electron chi connectivity index (χ0n) is 17.8. The number of rotatable bonds is 12. The van der Waals surface area contributed by atoms with E-state index in [9.17, 15) is 9.59 Å². The van der Waals surface area contributed by atoms with Crippen molar-refractivity contribution >= 4 is 11.8 Å². The molecule has 2 aromatic rings. The van der Waals surface area contributed by atoms with E-state index in [1.54, 1.807) is 18.2 Å². The number of methoxy groups -OCH3 is 1. The number of hydrogen-bond acceptors (Lipinski definition) is 5. The Hall–Kier alpha value is -3.22. The lowest BCUT2D eigenvalue weighted by molar-refractivity contribution is -0.121. The zero-order chi connectivity index (χ0) is 21.9. The molecule has 0 aliphatic heterocycles. The van der Waals surface area contributed by atoms with Crippen LogP contribution in [0.5, 0.6) is 17.2 Å². The van der Waals surface area contributed by atoms with Crippen LogP contribution in [0.4, 0.5) is 0 Å². The van der Waals surface area contributed by atoms with E-state index in [1.165, 1.54) is 12.7 Å². The standard InChI is InChI=1S/C23H30N2O5/c1-16-7-8-17(2)20(12-16)29-11-5-4-6-23(27)25-14-18-9-10-19(21(13-18)28-3)30-15-22(24)26/h7-10,12-13H,4-6,11,14-15H2,1-3H3,(H2,24,26)(H,25,27). The number of ether oxygens (including phenoxy) is 3. The van der Waals surface area contributed by atoms with Gasteiger partial charge in [0.05, 0.1) is 13.7 Å². The summed E-state index contributed by atoms with van der Waals surface area (Å²) >= 11 is 0. The Morgan fingerprint density at radius 2 is 1.77 bits per heavy atom. The zero-order valence-corrected chi connectivity index (χ0v) is 17.8. The quantitative estimate of drug-likeness (QED) is 0.520. The van der Waals surface area contributed by atoms with Crippen molar-refractivity contribution < 1.29 is 23.8 Å². The van der Waals surface area contributed by atoms with Gasteiger partial charge in [0.2, 0.25) is 5.91 Å². The van der Waals surface area contributed by atoms with Crippen LogP contribution >= 0.6 is 0 Å². The molecule has 0 atom stereocenters. The van der Waals surface area contributed by atoms with Gasteiger partial charge in [-0.2, -0.15) is 0 Å². The van der Waals surface area contributed by atoms with Crippen molar-refractivity contribution in [1.29, 1.82) is 0 Å². The van der Waals surface area contributed by atoms with Crippen molar-refractivity contribution in [3.05, 3.63) is 53.1 Å². The smallest absolute Gasteiger partial charge is 0.255 e. The molecule has 2 rings (SSSR count). The first-order valence-corrected chi connectivity index (χ1v) is 9.94. The number of hydrogen-bond donors (Lipinski definition) is 2. The molecular formula is C23H30N2O5. The van der Waals surface area contributed by atoms with Gasteiger partial charge in [-0.25, -0.2) is 0 Å². The molecule has 2 amide bonds. The lowest BCUT2D eigenvalue weighted by Gasteiger charge is -2.12. The van der Waals surface area contributed by atoms with Gasteiger partial charge in [-0.15, -0.1) is 0 Å². The van der Waals surface area contributed by atoms with Crippen molar-refractivity contribution in [1.82, 2.24) is 5.32 Å². The van der Waals surface area contributed by atoms with Gasteiger partial charge < -0.3 is 25.3 Å². The third-order valence-corrected chi connectivity index (χ3v) is 4.49. The molecule has 0 saturated heterocycles. The molecule has 0 spiro atoms. The Morgan fingerprint density at radius 1 is 0.967 bits per heavy atom. The summed E-state index contributed by atoms with van der Waals surface area (Å²) in [6, 6.07) is 11.4. The number of benzene rings is 2. The van der Waals surface area contributed by atoms with Crippen LogP contribution in [0.3, 0.4) is 0 Å². The molecule has 0 aliphatic carbocycles. The summed E-state index contributed by atoms with van der Waals surface area (Å²) in [6.07, 6.45) is 1.99. The topological polar surface area (TPSA) is 99.9 Å². The molecule has 0 radical (unpaired) electrons. The summed E-state index contributed by atoms with van der Waals surface area (Å²) in [5, 5.41) is 2.89. The number of carbonyl (C=O) groups excluding carboxylic acids is 2. The molecule has 0 saturated carbocycles. The fraction of sp³-hybridized carbons (Fsp3) is 0.391. The first-order valence-electron chi connectivity index (χ1n) is 9.94. The first-order chi connectivity index (χ1) is 14.4. The summed E-state index contributed by atoms with van der Waals surface area (Å²) in [5.74, 6) is 1.22. The van der Waals surface area contributed by atoms with Crippen molar-refractivity contribution in [3.8, 4) is 17.2 Å². The highest BCUT2D eigenvalue weighted by atomic mass is 16.5. The van der Waals surface area contributed by atoms with E-state index in [-0.39, 0.29) is 12.5 Å². The van der Waals surface area contributed by atoms with Gasteiger partial charge in [-0.05, 0) is 61.6 Å². The molecule has 3 N–H and O–H groups in total. The normalized spacial score (nSPS) is 10.4. The average molecular weight is 415 g/mol. The molecule has 0 heterocycles. The highest BCUT2D eigenvalue weighted by Crippen LogP contribution is 2.28. The second-order valence-electron chi connectivity index (χ2n) is 7.09. The molecule has 7 heteroatoms. The van der Waals surface area contributed by atoms with Crippen LogP contribution in [0.25, 0.3) is 0 Å². The van der Waals surface area contributed by atoms with Crippen LogP contribution in [0, 0.1) is 13.8 Å². The molecule has 2 aromatic carbocycles. The van der Waals surface area contributed by atoms with Crippen LogP contribution in [0.15, 0.2) is 36.4 Å². The Kier molecular flexibility index (Phi) is 9.00. The molecule has 0 fully saturated rings. The summed E-state index contributed by atoms with van der Waals surface area (Å²) in [6.45, 7) is 4.80. The molecular weight excluding hydrogens is 384 g/mol. The van der Waals surface area contributed by atoms with Crippen LogP contribution in [0.2, 0.25) is 0 Å². The fourth-order valence-electron chi connectivity index (χ4n) is 2.81. The van der Waals surface area contributed by atoms with Gasteiger partial charge >= 0.3 is 0 Å². The Balaban J connectivity index is 1.70. The van der Waals surface area contributed by atoms with E-state index in [0.29, 0.717) is 31.1 Å². The van der Waals surface area contributed by atoms with E-state index >= 15 is 0 Å². The van der Waals surface area contributed by atoms with Gasteiger partial charge in [-0.3, -0.25) is 9.59 Å². The van der Waals surface area contributed by atoms with Crippen LogP contribution in [-0.4, -0.2) is 32.1 Å². The van der Waals surface area contributed by atoms with Gasteiger partial charge in [0.25, 0.3) is 5.91 Å². The van der Waals surface area contributed by atoms with Gasteiger partial charge in [0, 0.05) is 13.0 Å². The SMILES string of the molecule is COc1cc(CNC(=O)CCCCOc2cc(C)ccc2C)ccc1OCC(N)=O. The first kappa shape index (κ1) is 23.1. The summed E-state index contributed by atoms with van der Waals surface area (Å²) in [7, 11) is 1.51. The number of amides is 2. The lowest BCUT2D eigenvalue weighted by Crippen LogP contribution is -2.22. The van der Waals surface area contributed by atoms with Crippen molar-refractivity contribution in [2.75, 3.05) is 20.3 Å². The predicted molar refractivity (Wildman–Crippen MR) is 115 cm³/mol. The van der Waals surface area contributed by atoms with E-state index < -0.39 is 5.91 Å². The second kappa shape index (κ2) is 11.7. The fourth-order valence-corrected chi connectivity index (χ4v) is 2.81. The minimum Gasteiger partial charge on any atom is -0.493 e. The third-order valence-electron chi connectivity index (χ3n) is 4.49. The average Bonchev–Trinajstić information content (AvgIpc) is 2.73. The predicted octanol–water partition coefficient (Wildman–Crippen LogP) is 3.04. The van der Waals surface area contributed by atoms with Gasteiger partial charge in [-0.1, -0.05) is 18.2 Å². The largest absolute Gasteiger partial charge is 0.493 e. The maximum atomic E-state index is 12.1. The van der Waals surface area contributed by atoms with Gasteiger partial charge in [0.15, 0.2) is 18.1 Å². The minimum atomic E-state index is -0.562. The van der Waals surface area contributed by atoms with E-state index in [2.05, 4.69) is 11.4 Å². The van der Waals surface area contributed by atoms with Crippen LogP contribution in [-0.2, 0) is 16.1 Å². The van der Waals surface area contributed by atoms with Gasteiger partial charge in [0.1, 0.15) is 5.75 Å². The molecule has 162 valence electrons. The molecule has 0 aromatic heterocycles.